The average molecular weight is 352 g/mol. The number of sulfonamides is 1. The predicted octanol–water partition coefficient (Wildman–Crippen LogP) is 0.897. The number of fused-ring (bicyclic) bond motifs is 1. The molecule has 6 nitrogen and oxygen atoms in total. The molecule has 2 aliphatic heterocycles. The highest BCUT2D eigenvalue weighted by molar-refractivity contribution is 7.89. The van der Waals surface area contributed by atoms with E-state index in [-0.39, 0.29) is 18.2 Å². The van der Waals surface area contributed by atoms with Crippen LogP contribution in [-0.4, -0.2) is 67.2 Å². The van der Waals surface area contributed by atoms with Crippen molar-refractivity contribution in [3.8, 4) is 0 Å². The fraction of sp³-hybridized carbons (Fsp3) is 0.588. The molecule has 0 unspecified atom stereocenters. The van der Waals surface area contributed by atoms with Crippen LogP contribution in [0.5, 0.6) is 0 Å². The van der Waals surface area contributed by atoms with Crippen LogP contribution in [0.2, 0.25) is 0 Å². The third kappa shape index (κ3) is 3.08. The lowest BCUT2D eigenvalue weighted by atomic mass is 9.81. The summed E-state index contributed by atoms with van der Waals surface area (Å²) < 4.78 is 25.6. The summed E-state index contributed by atoms with van der Waals surface area (Å²) >= 11 is 0. The first-order valence-electron chi connectivity index (χ1n) is 8.35. The number of hydrogen-bond donors (Lipinski definition) is 1. The van der Waals surface area contributed by atoms with Gasteiger partial charge in [-0.3, -0.25) is 4.79 Å². The quantitative estimate of drug-likeness (QED) is 0.823. The lowest BCUT2D eigenvalue weighted by Gasteiger charge is -2.25. The first-order valence-corrected chi connectivity index (χ1v) is 9.96. The van der Waals surface area contributed by atoms with Crippen molar-refractivity contribution >= 4 is 16.0 Å². The number of likely N-dealkylation sites (tertiary alicyclic amines) is 1. The summed E-state index contributed by atoms with van der Waals surface area (Å²) in [5.74, 6) is -0.983. The third-order valence-electron chi connectivity index (χ3n) is 5.39. The van der Waals surface area contributed by atoms with Gasteiger partial charge < -0.3 is 10.0 Å². The highest BCUT2D eigenvalue weighted by Crippen LogP contribution is 2.43. The van der Waals surface area contributed by atoms with Crippen molar-refractivity contribution in [1.29, 1.82) is 0 Å². The van der Waals surface area contributed by atoms with E-state index in [1.807, 2.05) is 18.2 Å². The maximum Gasteiger partial charge on any atom is 0.312 e. The van der Waals surface area contributed by atoms with Crippen LogP contribution in [0, 0.1) is 11.3 Å². The SMILES string of the molecule is CCS(=O)(=O)N1C[C@@H]2CN(CCc3ccccc3)C[C@]2(C(=O)O)C1. The summed E-state index contributed by atoms with van der Waals surface area (Å²) in [5.41, 5.74) is 0.271. The minimum Gasteiger partial charge on any atom is -0.481 e. The molecule has 24 heavy (non-hydrogen) atoms. The average Bonchev–Trinajstić information content (AvgIpc) is 3.09. The van der Waals surface area contributed by atoms with Crippen molar-refractivity contribution in [3.63, 3.8) is 0 Å². The molecule has 2 aliphatic rings. The Morgan fingerprint density at radius 2 is 1.96 bits per heavy atom. The zero-order chi connectivity index (χ0) is 17.4. The van der Waals surface area contributed by atoms with E-state index >= 15 is 0 Å². The smallest absolute Gasteiger partial charge is 0.312 e. The molecule has 0 radical (unpaired) electrons. The summed E-state index contributed by atoms with van der Waals surface area (Å²) in [6, 6.07) is 10.1. The largest absolute Gasteiger partial charge is 0.481 e. The van der Waals surface area contributed by atoms with Crippen LogP contribution in [0.1, 0.15) is 12.5 Å². The van der Waals surface area contributed by atoms with Crippen LogP contribution < -0.4 is 0 Å². The lowest BCUT2D eigenvalue weighted by Crippen LogP contribution is -2.42. The normalized spacial score (nSPS) is 28.1. The second kappa shape index (κ2) is 6.46. The van der Waals surface area contributed by atoms with Crippen LogP contribution in [0.25, 0.3) is 0 Å². The number of nitrogens with zero attached hydrogens (tertiary/aromatic N) is 2. The van der Waals surface area contributed by atoms with E-state index in [1.165, 1.54) is 9.87 Å². The van der Waals surface area contributed by atoms with Crippen LogP contribution in [-0.2, 0) is 21.2 Å². The van der Waals surface area contributed by atoms with E-state index in [4.69, 9.17) is 0 Å². The molecule has 3 rings (SSSR count). The number of carboxylic acid groups (broad SMARTS) is 1. The van der Waals surface area contributed by atoms with Gasteiger partial charge in [0.2, 0.25) is 10.0 Å². The summed E-state index contributed by atoms with van der Waals surface area (Å²) in [6.07, 6.45) is 0.875. The van der Waals surface area contributed by atoms with E-state index in [0.717, 1.165) is 13.0 Å². The van der Waals surface area contributed by atoms with Gasteiger partial charge in [0.15, 0.2) is 0 Å². The van der Waals surface area contributed by atoms with Crippen LogP contribution in [0.4, 0.5) is 0 Å². The Morgan fingerprint density at radius 3 is 2.54 bits per heavy atom. The van der Waals surface area contributed by atoms with E-state index in [9.17, 15) is 18.3 Å². The van der Waals surface area contributed by atoms with Gasteiger partial charge in [0.1, 0.15) is 0 Å². The molecule has 0 bridgehead atoms. The Labute approximate surface area is 143 Å². The minimum atomic E-state index is -3.33. The van der Waals surface area contributed by atoms with Gasteiger partial charge in [0, 0.05) is 38.6 Å². The number of benzene rings is 1. The molecule has 2 heterocycles. The van der Waals surface area contributed by atoms with E-state index in [0.29, 0.717) is 19.6 Å². The van der Waals surface area contributed by atoms with Gasteiger partial charge >= 0.3 is 5.97 Å². The molecule has 2 atom stereocenters. The van der Waals surface area contributed by atoms with E-state index in [1.54, 1.807) is 6.92 Å². The number of aliphatic carboxylic acids is 1. The molecule has 0 aromatic heterocycles. The van der Waals surface area contributed by atoms with Gasteiger partial charge in [-0.2, -0.15) is 0 Å². The van der Waals surface area contributed by atoms with Crippen molar-refractivity contribution in [2.75, 3.05) is 38.5 Å². The standard InChI is InChI=1S/C17H24N2O4S/c1-2-24(22,23)19-11-15-10-18(12-17(15,13-19)16(20)21)9-8-14-6-4-3-5-7-14/h3-7,15H,2,8-13H2,1H3,(H,20,21)/t15-,17-/m0/s1. The molecule has 0 amide bonds. The number of hydrogen-bond acceptors (Lipinski definition) is 4. The van der Waals surface area contributed by atoms with Crippen LogP contribution in [0.3, 0.4) is 0 Å². The molecule has 0 aliphatic carbocycles. The molecule has 2 fully saturated rings. The molecule has 0 spiro atoms. The fourth-order valence-electron chi connectivity index (χ4n) is 3.92. The molecule has 2 saturated heterocycles. The highest BCUT2D eigenvalue weighted by atomic mass is 32.2. The summed E-state index contributed by atoms with van der Waals surface area (Å²) in [4.78, 5) is 14.1. The van der Waals surface area contributed by atoms with Crippen molar-refractivity contribution in [3.05, 3.63) is 35.9 Å². The Balaban J connectivity index is 1.69. The number of carbonyl (C=O) groups is 1. The van der Waals surface area contributed by atoms with Gasteiger partial charge in [-0.15, -0.1) is 0 Å². The maximum absolute atomic E-state index is 12.1. The summed E-state index contributed by atoms with van der Waals surface area (Å²) in [7, 11) is -3.33. The predicted molar refractivity (Wildman–Crippen MR) is 91.2 cm³/mol. The fourth-order valence-corrected chi connectivity index (χ4v) is 5.12. The van der Waals surface area contributed by atoms with Crippen molar-refractivity contribution in [2.24, 2.45) is 11.3 Å². The first-order chi connectivity index (χ1) is 11.4. The van der Waals surface area contributed by atoms with Crippen molar-refractivity contribution in [1.82, 2.24) is 9.21 Å². The van der Waals surface area contributed by atoms with Gasteiger partial charge in [-0.05, 0) is 18.9 Å². The first kappa shape index (κ1) is 17.4. The van der Waals surface area contributed by atoms with Crippen LogP contribution >= 0.6 is 0 Å². The maximum atomic E-state index is 12.1. The van der Waals surface area contributed by atoms with Crippen molar-refractivity contribution in [2.45, 2.75) is 13.3 Å². The van der Waals surface area contributed by atoms with Gasteiger partial charge in [-0.1, -0.05) is 30.3 Å². The second-order valence-corrected chi connectivity index (χ2v) is 9.08. The molecule has 7 heteroatoms. The second-order valence-electron chi connectivity index (χ2n) is 6.82. The molecule has 1 aromatic rings. The van der Waals surface area contributed by atoms with E-state index in [2.05, 4.69) is 17.0 Å². The monoisotopic (exact) mass is 352 g/mol. The Kier molecular flexibility index (Phi) is 4.68. The minimum absolute atomic E-state index is 0.0210. The summed E-state index contributed by atoms with van der Waals surface area (Å²) in [6.45, 7) is 3.90. The third-order valence-corrected chi connectivity index (χ3v) is 7.19. The van der Waals surface area contributed by atoms with Gasteiger partial charge in [-0.25, -0.2) is 12.7 Å². The van der Waals surface area contributed by atoms with Crippen molar-refractivity contribution < 1.29 is 18.3 Å². The molecular weight excluding hydrogens is 328 g/mol. The van der Waals surface area contributed by atoms with Crippen LogP contribution in [0.15, 0.2) is 30.3 Å². The Bertz CT molecular complexity index is 707. The molecule has 0 saturated carbocycles. The summed E-state index contributed by atoms with van der Waals surface area (Å²) in [5, 5.41) is 9.79. The number of rotatable bonds is 6. The molecule has 1 aromatic carbocycles. The topological polar surface area (TPSA) is 77.9 Å². The molecule has 132 valence electrons. The Hall–Kier alpha value is -1.44. The Morgan fingerprint density at radius 1 is 1.25 bits per heavy atom. The molecule has 1 N–H and O–H groups in total. The zero-order valence-electron chi connectivity index (χ0n) is 13.9. The number of carboxylic acids is 1. The highest BCUT2D eigenvalue weighted by Gasteiger charge is 2.59. The van der Waals surface area contributed by atoms with Gasteiger partial charge in [0.25, 0.3) is 0 Å². The van der Waals surface area contributed by atoms with E-state index < -0.39 is 21.4 Å². The van der Waals surface area contributed by atoms with Gasteiger partial charge in [0.05, 0.1) is 11.2 Å². The lowest BCUT2D eigenvalue weighted by molar-refractivity contribution is -0.148. The zero-order valence-corrected chi connectivity index (χ0v) is 14.7. The molecular formula is C17H24N2O4S.